The highest BCUT2D eigenvalue weighted by atomic mass is 16.5. The van der Waals surface area contributed by atoms with Crippen molar-refractivity contribution in [1.29, 1.82) is 10.5 Å². The SMILES string of the molecule is N#CCC1(n2ccc(-c3nc(Oc4cccc(N)n4)cc4ncccc34)n2)CC(C#N)C1. The van der Waals surface area contributed by atoms with Crippen molar-refractivity contribution >= 4 is 16.7 Å². The van der Waals surface area contributed by atoms with Gasteiger partial charge in [0.15, 0.2) is 0 Å². The molecule has 0 spiro atoms. The first-order valence-electron chi connectivity index (χ1n) is 10.1. The second kappa shape index (κ2) is 7.64. The van der Waals surface area contributed by atoms with Crippen LogP contribution in [0, 0.1) is 28.6 Å². The second-order valence-electron chi connectivity index (χ2n) is 7.82. The van der Waals surface area contributed by atoms with E-state index in [9.17, 15) is 10.5 Å². The number of fused-ring (bicyclic) bond motifs is 1. The van der Waals surface area contributed by atoms with E-state index in [4.69, 9.17) is 15.6 Å². The number of nitrogens with zero attached hydrogens (tertiary/aromatic N) is 7. The fourth-order valence-corrected chi connectivity index (χ4v) is 4.12. The van der Waals surface area contributed by atoms with Crippen LogP contribution in [-0.4, -0.2) is 24.7 Å². The van der Waals surface area contributed by atoms with E-state index in [2.05, 4.69) is 27.1 Å². The Kier molecular flexibility index (Phi) is 4.65. The lowest BCUT2D eigenvalue weighted by Gasteiger charge is -2.43. The van der Waals surface area contributed by atoms with E-state index in [1.165, 1.54) is 0 Å². The van der Waals surface area contributed by atoms with Crippen molar-refractivity contribution in [3.8, 4) is 35.3 Å². The number of hydrogen-bond donors (Lipinski definition) is 1. The zero-order chi connectivity index (χ0) is 22.1. The lowest BCUT2D eigenvalue weighted by molar-refractivity contribution is 0.0884. The van der Waals surface area contributed by atoms with Crippen molar-refractivity contribution in [2.45, 2.75) is 24.8 Å². The molecule has 1 aliphatic carbocycles. The van der Waals surface area contributed by atoms with Crippen LogP contribution in [0.5, 0.6) is 11.8 Å². The molecular weight excluding hydrogens is 404 g/mol. The minimum Gasteiger partial charge on any atom is -0.421 e. The van der Waals surface area contributed by atoms with Crippen LogP contribution in [0.4, 0.5) is 5.82 Å². The van der Waals surface area contributed by atoms with Gasteiger partial charge in [-0.3, -0.25) is 9.67 Å². The first-order chi connectivity index (χ1) is 15.6. The molecule has 9 heteroatoms. The number of nitriles is 2. The Labute approximate surface area is 183 Å². The zero-order valence-corrected chi connectivity index (χ0v) is 17.0. The molecular formula is C23H18N8O. The third-order valence-corrected chi connectivity index (χ3v) is 5.69. The summed E-state index contributed by atoms with van der Waals surface area (Å²) in [5, 5.41) is 24.1. The molecule has 1 fully saturated rings. The smallest absolute Gasteiger partial charge is 0.224 e. The van der Waals surface area contributed by atoms with Crippen molar-refractivity contribution in [2.75, 3.05) is 5.73 Å². The number of pyridine rings is 3. The Morgan fingerprint density at radius 1 is 1.12 bits per heavy atom. The highest BCUT2D eigenvalue weighted by molar-refractivity contribution is 5.92. The molecule has 0 aliphatic heterocycles. The average molecular weight is 422 g/mol. The van der Waals surface area contributed by atoms with Crippen LogP contribution in [0.1, 0.15) is 19.3 Å². The zero-order valence-electron chi connectivity index (χ0n) is 17.0. The molecule has 0 aromatic carbocycles. The Morgan fingerprint density at radius 2 is 2.00 bits per heavy atom. The van der Waals surface area contributed by atoms with Crippen LogP contribution in [0.3, 0.4) is 0 Å². The van der Waals surface area contributed by atoms with Gasteiger partial charge in [-0.1, -0.05) is 6.07 Å². The van der Waals surface area contributed by atoms with Crippen molar-refractivity contribution in [3.05, 3.63) is 54.9 Å². The van der Waals surface area contributed by atoms with Crippen LogP contribution < -0.4 is 10.5 Å². The maximum Gasteiger partial charge on any atom is 0.224 e. The Morgan fingerprint density at radius 3 is 2.78 bits per heavy atom. The van der Waals surface area contributed by atoms with Gasteiger partial charge in [0, 0.05) is 29.9 Å². The number of aromatic nitrogens is 5. The number of ether oxygens (including phenoxy) is 1. The van der Waals surface area contributed by atoms with Crippen LogP contribution in [0.15, 0.2) is 54.9 Å². The van der Waals surface area contributed by atoms with Crippen LogP contribution in [0.25, 0.3) is 22.3 Å². The predicted octanol–water partition coefficient (Wildman–Crippen LogP) is 3.81. The Bertz CT molecular complexity index is 1390. The number of nitrogen functional groups attached to an aromatic ring is 1. The van der Waals surface area contributed by atoms with Gasteiger partial charge in [-0.25, -0.2) is 4.98 Å². The molecule has 156 valence electrons. The Balaban J connectivity index is 1.56. The summed E-state index contributed by atoms with van der Waals surface area (Å²) in [6, 6.07) is 17.0. The summed E-state index contributed by atoms with van der Waals surface area (Å²) >= 11 is 0. The average Bonchev–Trinajstić information content (AvgIpc) is 3.26. The normalized spacial score (nSPS) is 19.6. The molecule has 0 radical (unpaired) electrons. The van der Waals surface area contributed by atoms with E-state index in [1.54, 1.807) is 35.1 Å². The lowest BCUT2D eigenvalue weighted by Crippen LogP contribution is -2.46. The largest absolute Gasteiger partial charge is 0.421 e. The number of rotatable bonds is 5. The third-order valence-electron chi connectivity index (χ3n) is 5.69. The van der Waals surface area contributed by atoms with E-state index < -0.39 is 5.54 Å². The van der Waals surface area contributed by atoms with Gasteiger partial charge in [-0.15, -0.1) is 0 Å². The number of nitrogens with two attached hydrogens (primary N) is 1. The van der Waals surface area contributed by atoms with Crippen LogP contribution in [-0.2, 0) is 5.54 Å². The van der Waals surface area contributed by atoms with Crippen molar-refractivity contribution in [1.82, 2.24) is 24.7 Å². The van der Waals surface area contributed by atoms with E-state index >= 15 is 0 Å². The predicted molar refractivity (Wildman–Crippen MR) is 116 cm³/mol. The van der Waals surface area contributed by atoms with Crippen LogP contribution >= 0.6 is 0 Å². The maximum absolute atomic E-state index is 9.32. The van der Waals surface area contributed by atoms with Gasteiger partial charge in [0.1, 0.15) is 17.2 Å². The highest BCUT2D eigenvalue weighted by Crippen LogP contribution is 2.46. The molecule has 0 atom stereocenters. The van der Waals surface area contributed by atoms with Gasteiger partial charge in [-0.2, -0.15) is 20.6 Å². The van der Waals surface area contributed by atoms with Crippen molar-refractivity contribution in [2.24, 2.45) is 5.92 Å². The first kappa shape index (κ1) is 19.5. The van der Waals surface area contributed by atoms with Crippen LogP contribution in [0.2, 0.25) is 0 Å². The monoisotopic (exact) mass is 422 g/mol. The summed E-state index contributed by atoms with van der Waals surface area (Å²) in [7, 11) is 0. The summed E-state index contributed by atoms with van der Waals surface area (Å²) in [6.07, 6.45) is 5.06. The van der Waals surface area contributed by atoms with Gasteiger partial charge in [0.25, 0.3) is 0 Å². The molecule has 2 N–H and O–H groups in total. The van der Waals surface area contributed by atoms with Gasteiger partial charge in [-0.05, 0) is 37.1 Å². The molecule has 5 rings (SSSR count). The molecule has 32 heavy (non-hydrogen) atoms. The summed E-state index contributed by atoms with van der Waals surface area (Å²) in [4.78, 5) is 13.3. The molecule has 0 amide bonds. The molecule has 1 aliphatic rings. The topological polar surface area (TPSA) is 139 Å². The highest BCUT2D eigenvalue weighted by Gasteiger charge is 2.46. The van der Waals surface area contributed by atoms with Gasteiger partial charge in [0.05, 0.1) is 35.5 Å². The summed E-state index contributed by atoms with van der Waals surface area (Å²) in [5.41, 5.74) is 7.23. The van der Waals surface area contributed by atoms with Crippen molar-refractivity contribution in [3.63, 3.8) is 0 Å². The molecule has 4 aromatic heterocycles. The van der Waals surface area contributed by atoms with Gasteiger partial charge >= 0.3 is 0 Å². The molecule has 0 unspecified atom stereocenters. The molecule has 4 heterocycles. The quantitative estimate of drug-likeness (QED) is 0.512. The Hall–Kier alpha value is -4.50. The lowest BCUT2D eigenvalue weighted by atomic mass is 9.67. The molecule has 4 aromatic rings. The molecule has 9 nitrogen and oxygen atoms in total. The van der Waals surface area contributed by atoms with Gasteiger partial charge in [0.2, 0.25) is 11.8 Å². The standard InChI is InChI=1S/C23H18N8O/c24-8-7-23(12-15(13-23)14-25)31-10-6-17(30-31)22-16-3-2-9-27-18(16)11-21(29-22)32-20-5-1-4-19(26)28-20/h1-6,9-11,15H,7,12-13H2,(H2,26,28). The van der Waals surface area contributed by atoms with Gasteiger partial charge < -0.3 is 10.5 Å². The van der Waals surface area contributed by atoms with E-state index in [-0.39, 0.29) is 5.92 Å². The fourth-order valence-electron chi connectivity index (χ4n) is 4.12. The number of anilines is 1. The summed E-state index contributed by atoms with van der Waals surface area (Å²) < 4.78 is 7.65. The van der Waals surface area contributed by atoms with E-state index in [1.807, 2.05) is 24.4 Å². The third kappa shape index (κ3) is 3.36. The van der Waals surface area contributed by atoms with Crippen molar-refractivity contribution < 1.29 is 4.74 Å². The maximum atomic E-state index is 9.32. The summed E-state index contributed by atoms with van der Waals surface area (Å²) in [5.74, 6) is 0.939. The number of hydrogen-bond acceptors (Lipinski definition) is 8. The fraction of sp³-hybridized carbons (Fsp3) is 0.217. The van der Waals surface area contributed by atoms with E-state index in [0.717, 1.165) is 5.39 Å². The molecule has 0 bridgehead atoms. The summed E-state index contributed by atoms with van der Waals surface area (Å²) in [6.45, 7) is 0. The van der Waals surface area contributed by atoms with E-state index in [0.29, 0.717) is 53.7 Å². The second-order valence-corrected chi connectivity index (χ2v) is 7.82. The first-order valence-corrected chi connectivity index (χ1v) is 10.1. The minimum absolute atomic E-state index is 0.0540. The minimum atomic E-state index is -0.457. The molecule has 0 saturated heterocycles. The molecule has 1 saturated carbocycles.